The Morgan fingerprint density at radius 2 is 1.75 bits per heavy atom. The van der Waals surface area contributed by atoms with Crippen LogP contribution in [0, 0.1) is 11.8 Å². The standard InChI is InChI=1S/C17H28NO2/c1-14(2)15(3)17(19)20-12-11-18(4,5)13-16-9-7-6-8-10-16/h6-10,14-15H,11-13H2,1-5H3/q+1. The smallest absolute Gasteiger partial charge is 0.309 e. The lowest BCUT2D eigenvalue weighted by atomic mass is 9.99. The first-order valence-corrected chi connectivity index (χ1v) is 7.34. The molecule has 0 aromatic heterocycles. The molecule has 0 aliphatic rings. The Morgan fingerprint density at radius 1 is 1.15 bits per heavy atom. The maximum Gasteiger partial charge on any atom is 0.309 e. The van der Waals surface area contributed by atoms with Gasteiger partial charge in [-0.3, -0.25) is 4.79 Å². The van der Waals surface area contributed by atoms with E-state index >= 15 is 0 Å². The van der Waals surface area contributed by atoms with Crippen molar-refractivity contribution in [2.24, 2.45) is 11.8 Å². The predicted octanol–water partition coefficient (Wildman–Crippen LogP) is 3.10. The summed E-state index contributed by atoms with van der Waals surface area (Å²) in [6.45, 7) is 8.26. The van der Waals surface area contributed by atoms with Gasteiger partial charge in [-0.2, -0.15) is 0 Å². The summed E-state index contributed by atoms with van der Waals surface area (Å²) in [5, 5.41) is 0. The zero-order valence-corrected chi connectivity index (χ0v) is 13.4. The van der Waals surface area contributed by atoms with E-state index < -0.39 is 0 Å². The third-order valence-electron chi connectivity index (χ3n) is 3.77. The summed E-state index contributed by atoms with van der Waals surface area (Å²) >= 11 is 0. The summed E-state index contributed by atoms with van der Waals surface area (Å²) in [5.41, 5.74) is 1.30. The van der Waals surface area contributed by atoms with Crippen molar-refractivity contribution in [3.63, 3.8) is 0 Å². The highest BCUT2D eigenvalue weighted by atomic mass is 16.5. The van der Waals surface area contributed by atoms with Crippen molar-refractivity contribution in [1.82, 2.24) is 0 Å². The van der Waals surface area contributed by atoms with Crippen LogP contribution in [0.25, 0.3) is 0 Å². The molecule has 0 aliphatic carbocycles. The quantitative estimate of drug-likeness (QED) is 0.566. The SMILES string of the molecule is CC(C)C(C)C(=O)OCC[N+](C)(C)Cc1ccccc1. The Labute approximate surface area is 123 Å². The maximum atomic E-state index is 11.8. The number of carbonyl (C=O) groups is 1. The molecule has 3 nitrogen and oxygen atoms in total. The van der Waals surface area contributed by atoms with Crippen LogP contribution in [0.4, 0.5) is 0 Å². The van der Waals surface area contributed by atoms with E-state index in [1.54, 1.807) is 0 Å². The van der Waals surface area contributed by atoms with Gasteiger partial charge in [-0.05, 0) is 5.92 Å². The molecule has 1 unspecified atom stereocenters. The number of esters is 1. The molecule has 0 saturated heterocycles. The molecule has 0 fully saturated rings. The van der Waals surface area contributed by atoms with Crippen molar-refractivity contribution in [2.75, 3.05) is 27.2 Å². The molecule has 1 atom stereocenters. The van der Waals surface area contributed by atoms with Crippen LogP contribution in [0.3, 0.4) is 0 Å². The minimum absolute atomic E-state index is 0.0280. The minimum atomic E-state index is -0.0836. The maximum absolute atomic E-state index is 11.8. The van der Waals surface area contributed by atoms with E-state index in [0.29, 0.717) is 12.5 Å². The van der Waals surface area contributed by atoms with Gasteiger partial charge in [0.05, 0.1) is 20.0 Å². The molecule has 0 radical (unpaired) electrons. The normalized spacial score (nSPS) is 13.3. The van der Waals surface area contributed by atoms with Gasteiger partial charge >= 0.3 is 5.97 Å². The number of ether oxygens (including phenoxy) is 1. The number of hydrogen-bond acceptors (Lipinski definition) is 2. The van der Waals surface area contributed by atoms with Crippen LogP contribution in [-0.4, -0.2) is 37.7 Å². The van der Waals surface area contributed by atoms with Crippen LogP contribution in [0.15, 0.2) is 30.3 Å². The number of hydrogen-bond donors (Lipinski definition) is 0. The summed E-state index contributed by atoms with van der Waals surface area (Å²) in [7, 11) is 4.32. The lowest BCUT2D eigenvalue weighted by molar-refractivity contribution is -0.903. The van der Waals surface area contributed by atoms with Gasteiger partial charge in [0.25, 0.3) is 0 Å². The van der Waals surface area contributed by atoms with Crippen molar-refractivity contribution < 1.29 is 14.0 Å². The van der Waals surface area contributed by atoms with Crippen molar-refractivity contribution >= 4 is 5.97 Å². The van der Waals surface area contributed by atoms with E-state index in [1.165, 1.54) is 5.56 Å². The van der Waals surface area contributed by atoms with Gasteiger partial charge < -0.3 is 9.22 Å². The van der Waals surface area contributed by atoms with E-state index in [1.807, 2.05) is 26.8 Å². The first kappa shape index (κ1) is 16.7. The molecule has 0 heterocycles. The van der Waals surface area contributed by atoms with Crippen LogP contribution in [0.1, 0.15) is 26.3 Å². The Bertz CT molecular complexity index is 412. The van der Waals surface area contributed by atoms with Gasteiger partial charge in [-0.15, -0.1) is 0 Å². The lowest BCUT2D eigenvalue weighted by Gasteiger charge is -2.29. The summed E-state index contributed by atoms with van der Waals surface area (Å²) in [6.07, 6.45) is 0. The second-order valence-electron chi connectivity index (χ2n) is 6.50. The van der Waals surface area contributed by atoms with E-state index in [-0.39, 0.29) is 11.9 Å². The van der Waals surface area contributed by atoms with Gasteiger partial charge in [-0.1, -0.05) is 51.1 Å². The second kappa shape index (κ2) is 7.44. The third-order valence-corrected chi connectivity index (χ3v) is 3.77. The van der Waals surface area contributed by atoms with Crippen LogP contribution in [0.5, 0.6) is 0 Å². The van der Waals surface area contributed by atoms with E-state index in [0.717, 1.165) is 17.6 Å². The second-order valence-corrected chi connectivity index (χ2v) is 6.50. The molecule has 0 spiro atoms. The molecule has 0 aliphatic heterocycles. The fourth-order valence-electron chi connectivity index (χ4n) is 1.95. The summed E-state index contributed by atoms with van der Waals surface area (Å²) in [6, 6.07) is 10.4. The average Bonchev–Trinajstić information content (AvgIpc) is 2.37. The first-order chi connectivity index (χ1) is 9.32. The average molecular weight is 278 g/mol. The highest BCUT2D eigenvalue weighted by molar-refractivity contribution is 5.72. The zero-order chi connectivity index (χ0) is 15.2. The zero-order valence-electron chi connectivity index (χ0n) is 13.4. The van der Waals surface area contributed by atoms with Crippen molar-refractivity contribution in [3.8, 4) is 0 Å². The van der Waals surface area contributed by atoms with E-state index in [9.17, 15) is 4.79 Å². The molecule has 1 aromatic rings. The van der Waals surface area contributed by atoms with Crippen LogP contribution in [-0.2, 0) is 16.1 Å². The fourth-order valence-corrected chi connectivity index (χ4v) is 1.95. The molecular formula is C17H28NO2+. The van der Waals surface area contributed by atoms with Crippen LogP contribution in [0.2, 0.25) is 0 Å². The molecule has 1 rings (SSSR count). The molecule has 112 valence electrons. The predicted molar refractivity (Wildman–Crippen MR) is 82.1 cm³/mol. The Kier molecular flexibility index (Phi) is 6.21. The summed E-state index contributed by atoms with van der Waals surface area (Å²) < 4.78 is 6.20. The number of likely N-dealkylation sites (N-methyl/N-ethyl adjacent to an activating group) is 1. The number of nitrogens with zero attached hydrogens (tertiary/aromatic N) is 1. The highest BCUT2D eigenvalue weighted by Crippen LogP contribution is 2.12. The molecule has 0 amide bonds. The number of carbonyl (C=O) groups excluding carboxylic acids is 1. The summed E-state index contributed by atoms with van der Waals surface area (Å²) in [4.78, 5) is 11.8. The van der Waals surface area contributed by atoms with E-state index in [4.69, 9.17) is 4.74 Å². The number of rotatable bonds is 7. The van der Waals surface area contributed by atoms with Gasteiger partial charge in [-0.25, -0.2) is 0 Å². The molecule has 20 heavy (non-hydrogen) atoms. The molecule has 0 N–H and O–H groups in total. The minimum Gasteiger partial charge on any atom is -0.459 e. The lowest BCUT2D eigenvalue weighted by Crippen LogP contribution is -2.42. The van der Waals surface area contributed by atoms with Gasteiger partial charge in [0, 0.05) is 5.56 Å². The van der Waals surface area contributed by atoms with Gasteiger partial charge in [0.2, 0.25) is 0 Å². The molecule has 3 heteroatoms. The largest absolute Gasteiger partial charge is 0.459 e. The topological polar surface area (TPSA) is 26.3 Å². The monoisotopic (exact) mass is 278 g/mol. The molecular weight excluding hydrogens is 250 g/mol. The van der Waals surface area contributed by atoms with Crippen molar-refractivity contribution in [2.45, 2.75) is 27.3 Å². The Morgan fingerprint density at radius 3 is 2.30 bits per heavy atom. The van der Waals surface area contributed by atoms with Crippen molar-refractivity contribution in [1.29, 1.82) is 0 Å². The number of quaternary nitrogens is 1. The number of benzene rings is 1. The first-order valence-electron chi connectivity index (χ1n) is 7.34. The van der Waals surface area contributed by atoms with Crippen LogP contribution < -0.4 is 0 Å². The Hall–Kier alpha value is -1.35. The fraction of sp³-hybridized carbons (Fsp3) is 0.588. The Balaban J connectivity index is 2.38. The summed E-state index contributed by atoms with van der Waals surface area (Å²) in [5.74, 6) is 0.216. The van der Waals surface area contributed by atoms with E-state index in [2.05, 4.69) is 38.4 Å². The molecule has 0 saturated carbocycles. The molecule has 1 aromatic carbocycles. The van der Waals surface area contributed by atoms with Gasteiger partial charge in [0.15, 0.2) is 0 Å². The van der Waals surface area contributed by atoms with Crippen molar-refractivity contribution in [3.05, 3.63) is 35.9 Å². The molecule has 0 bridgehead atoms. The van der Waals surface area contributed by atoms with Gasteiger partial charge in [0.1, 0.15) is 19.7 Å². The van der Waals surface area contributed by atoms with Crippen LogP contribution >= 0.6 is 0 Å². The third kappa shape index (κ3) is 5.74. The highest BCUT2D eigenvalue weighted by Gasteiger charge is 2.20.